The van der Waals surface area contributed by atoms with E-state index in [0.29, 0.717) is 5.49 Å². The van der Waals surface area contributed by atoms with Crippen molar-refractivity contribution < 1.29 is 9.53 Å². The third kappa shape index (κ3) is 4.07. The molecule has 0 bridgehead atoms. The number of hydrogen-bond acceptors (Lipinski definition) is 3. The van der Waals surface area contributed by atoms with E-state index in [1.807, 2.05) is 64.1 Å². The molecule has 22 heavy (non-hydrogen) atoms. The molecular weight excluding hydrogens is 276 g/mol. The van der Waals surface area contributed by atoms with Crippen LogP contribution in [-0.4, -0.2) is 23.1 Å². The molecule has 4 nitrogen and oxygen atoms in total. The van der Waals surface area contributed by atoms with E-state index in [4.69, 9.17) is 4.74 Å². The first-order valence-electron chi connectivity index (χ1n) is 7.42. The van der Waals surface area contributed by atoms with Gasteiger partial charge in [-0.2, -0.15) is 0 Å². The van der Waals surface area contributed by atoms with Crippen LogP contribution in [0, 0.1) is 13.8 Å². The van der Waals surface area contributed by atoms with Crippen molar-refractivity contribution in [2.45, 2.75) is 33.7 Å². The predicted octanol–water partition coefficient (Wildman–Crippen LogP) is 3.13. The van der Waals surface area contributed by atoms with E-state index < -0.39 is 0 Å². The van der Waals surface area contributed by atoms with Gasteiger partial charge in [0.15, 0.2) is 6.61 Å². The molecule has 0 N–H and O–H groups in total. The van der Waals surface area contributed by atoms with Crippen LogP contribution < -0.4 is 10.2 Å². The van der Waals surface area contributed by atoms with Crippen molar-refractivity contribution in [3.63, 3.8) is 0 Å². The number of aromatic nitrogens is 1. The van der Waals surface area contributed by atoms with Crippen LogP contribution in [0.3, 0.4) is 0 Å². The molecule has 0 atom stereocenters. The lowest BCUT2D eigenvalue weighted by Crippen LogP contribution is -2.31. The smallest absolute Gasteiger partial charge is 0.270 e. The average molecular weight is 298 g/mol. The molecule has 2 rings (SSSR count). The minimum atomic E-state index is -0.139. The fourth-order valence-electron chi connectivity index (χ4n) is 2.19. The zero-order chi connectivity index (χ0) is 16.1. The molecule has 2 aromatic rings. The first kappa shape index (κ1) is 16.0. The normalized spacial score (nSPS) is 11.8. The Labute approximate surface area is 131 Å². The van der Waals surface area contributed by atoms with E-state index in [-0.39, 0.29) is 18.6 Å². The van der Waals surface area contributed by atoms with Gasteiger partial charge in [-0.1, -0.05) is 23.8 Å². The van der Waals surface area contributed by atoms with Crippen LogP contribution in [0.2, 0.25) is 0 Å². The first-order valence-corrected chi connectivity index (χ1v) is 7.42. The van der Waals surface area contributed by atoms with Crippen molar-refractivity contribution in [2.75, 3.05) is 6.61 Å². The lowest BCUT2D eigenvalue weighted by molar-refractivity contribution is 0.0831. The monoisotopic (exact) mass is 298 g/mol. The largest absolute Gasteiger partial charge is 0.483 e. The summed E-state index contributed by atoms with van der Waals surface area (Å²) < 4.78 is 7.19. The Bertz CT molecular complexity index is 730. The summed E-state index contributed by atoms with van der Waals surface area (Å²) in [4.78, 5) is 16.8. The Morgan fingerprint density at radius 2 is 2.00 bits per heavy atom. The van der Waals surface area contributed by atoms with E-state index in [2.05, 4.69) is 4.99 Å². The maximum absolute atomic E-state index is 12.4. The quantitative estimate of drug-likeness (QED) is 0.870. The summed E-state index contributed by atoms with van der Waals surface area (Å²) in [6.07, 6.45) is 1.72. The number of ether oxygens (including phenoxy) is 1. The standard InChI is InChI=1S/C18H22N2O2/c1-13(2)19-17-7-5-6-10-20(17)18(21)12-22-16-9-8-14(3)11-15(16)4/h5-11,13H,12H2,1-4H3. The number of carbonyl (C=O) groups excluding carboxylic acids is 1. The zero-order valence-corrected chi connectivity index (χ0v) is 13.5. The van der Waals surface area contributed by atoms with Gasteiger partial charge in [0, 0.05) is 12.2 Å². The van der Waals surface area contributed by atoms with Gasteiger partial charge in [-0.05, 0) is 51.5 Å². The molecule has 1 heterocycles. The van der Waals surface area contributed by atoms with Crippen LogP contribution in [0.5, 0.6) is 5.75 Å². The van der Waals surface area contributed by atoms with Gasteiger partial charge in [-0.25, -0.2) is 0 Å². The highest BCUT2D eigenvalue weighted by molar-refractivity contribution is 5.80. The van der Waals surface area contributed by atoms with E-state index in [0.717, 1.165) is 11.3 Å². The van der Waals surface area contributed by atoms with E-state index in [1.165, 1.54) is 10.1 Å². The molecule has 0 spiro atoms. The summed E-state index contributed by atoms with van der Waals surface area (Å²) in [7, 11) is 0. The number of hydrogen-bond donors (Lipinski definition) is 0. The van der Waals surface area contributed by atoms with Crippen LogP contribution in [-0.2, 0) is 0 Å². The fraction of sp³-hybridized carbons (Fsp3) is 0.333. The number of pyridine rings is 1. The summed E-state index contributed by atoms with van der Waals surface area (Å²) >= 11 is 0. The lowest BCUT2D eigenvalue weighted by Gasteiger charge is -2.11. The topological polar surface area (TPSA) is 43.6 Å². The summed E-state index contributed by atoms with van der Waals surface area (Å²) in [6.45, 7) is 7.95. The summed E-state index contributed by atoms with van der Waals surface area (Å²) in [5.74, 6) is 0.595. The molecule has 0 saturated heterocycles. The summed E-state index contributed by atoms with van der Waals surface area (Å²) in [5, 5.41) is 0. The van der Waals surface area contributed by atoms with Crippen molar-refractivity contribution in [1.29, 1.82) is 0 Å². The van der Waals surface area contributed by atoms with E-state index >= 15 is 0 Å². The Morgan fingerprint density at radius 1 is 1.23 bits per heavy atom. The molecule has 4 heteroatoms. The molecule has 1 aromatic carbocycles. The van der Waals surface area contributed by atoms with Crippen molar-refractivity contribution in [1.82, 2.24) is 4.57 Å². The van der Waals surface area contributed by atoms with Crippen LogP contribution in [0.1, 0.15) is 29.8 Å². The predicted molar refractivity (Wildman–Crippen MR) is 87.2 cm³/mol. The average Bonchev–Trinajstić information content (AvgIpc) is 2.46. The second kappa shape index (κ2) is 7.07. The Kier molecular flexibility index (Phi) is 5.15. The Hall–Kier alpha value is -2.36. The van der Waals surface area contributed by atoms with Gasteiger partial charge in [0.2, 0.25) is 0 Å². The number of rotatable bonds is 4. The Balaban J connectivity index is 2.17. The third-order valence-electron chi connectivity index (χ3n) is 3.18. The molecule has 0 saturated carbocycles. The number of benzene rings is 1. The zero-order valence-electron chi connectivity index (χ0n) is 13.5. The third-order valence-corrected chi connectivity index (χ3v) is 3.18. The number of aryl methyl sites for hydroxylation is 2. The number of carbonyl (C=O) groups is 1. The van der Waals surface area contributed by atoms with Gasteiger partial charge in [-0.3, -0.25) is 14.4 Å². The van der Waals surface area contributed by atoms with Crippen LogP contribution in [0.15, 0.2) is 47.6 Å². The minimum Gasteiger partial charge on any atom is -0.483 e. The van der Waals surface area contributed by atoms with Gasteiger partial charge in [0.25, 0.3) is 5.91 Å². The number of nitrogens with zero attached hydrogens (tertiary/aromatic N) is 2. The minimum absolute atomic E-state index is 0.0147. The molecule has 116 valence electrons. The van der Waals surface area contributed by atoms with E-state index in [1.54, 1.807) is 6.20 Å². The first-order chi connectivity index (χ1) is 10.5. The molecule has 0 radical (unpaired) electrons. The van der Waals surface area contributed by atoms with Crippen LogP contribution >= 0.6 is 0 Å². The summed E-state index contributed by atoms with van der Waals surface area (Å²) in [6, 6.07) is 11.5. The second-order valence-electron chi connectivity index (χ2n) is 5.60. The molecule has 0 aliphatic rings. The molecule has 0 fully saturated rings. The lowest BCUT2D eigenvalue weighted by atomic mass is 10.1. The van der Waals surface area contributed by atoms with Gasteiger partial charge in [0.1, 0.15) is 11.2 Å². The van der Waals surface area contributed by atoms with Gasteiger partial charge < -0.3 is 4.74 Å². The maximum Gasteiger partial charge on any atom is 0.270 e. The van der Waals surface area contributed by atoms with Crippen molar-refractivity contribution in [3.05, 3.63) is 59.2 Å². The van der Waals surface area contributed by atoms with Crippen molar-refractivity contribution in [3.8, 4) is 5.75 Å². The van der Waals surface area contributed by atoms with Gasteiger partial charge >= 0.3 is 0 Å². The second-order valence-corrected chi connectivity index (χ2v) is 5.60. The van der Waals surface area contributed by atoms with Crippen molar-refractivity contribution >= 4 is 5.91 Å². The molecule has 1 aromatic heterocycles. The highest BCUT2D eigenvalue weighted by Crippen LogP contribution is 2.18. The van der Waals surface area contributed by atoms with E-state index in [9.17, 15) is 4.79 Å². The SMILES string of the molecule is Cc1ccc(OCC(=O)n2ccccc2=NC(C)C)c(C)c1. The fourth-order valence-corrected chi connectivity index (χ4v) is 2.19. The molecule has 0 unspecified atom stereocenters. The summed E-state index contributed by atoms with van der Waals surface area (Å²) in [5.41, 5.74) is 2.84. The molecular formula is C18H22N2O2. The molecule has 0 amide bonds. The molecule has 0 aliphatic heterocycles. The highest BCUT2D eigenvalue weighted by atomic mass is 16.5. The van der Waals surface area contributed by atoms with Gasteiger partial charge in [-0.15, -0.1) is 0 Å². The van der Waals surface area contributed by atoms with Gasteiger partial charge in [0.05, 0.1) is 0 Å². The van der Waals surface area contributed by atoms with Crippen LogP contribution in [0.25, 0.3) is 0 Å². The maximum atomic E-state index is 12.4. The molecule has 0 aliphatic carbocycles. The Morgan fingerprint density at radius 3 is 2.68 bits per heavy atom. The van der Waals surface area contributed by atoms with Crippen molar-refractivity contribution in [2.24, 2.45) is 4.99 Å². The van der Waals surface area contributed by atoms with Crippen LogP contribution in [0.4, 0.5) is 0 Å². The highest BCUT2D eigenvalue weighted by Gasteiger charge is 2.08.